The minimum Gasteiger partial charge on any atom is -0.507 e. The van der Waals surface area contributed by atoms with Gasteiger partial charge in [0.05, 0.1) is 30.4 Å². The van der Waals surface area contributed by atoms with E-state index in [1.54, 1.807) is 42.7 Å². The monoisotopic (exact) mass is 527 g/mol. The topological polar surface area (TPSA) is 92.2 Å². The lowest BCUT2D eigenvalue weighted by molar-refractivity contribution is -0.132. The maximum atomic E-state index is 13.5. The molecule has 2 saturated heterocycles. The molecule has 0 radical (unpaired) electrons. The van der Waals surface area contributed by atoms with Crippen LogP contribution >= 0.6 is 0 Å². The van der Waals surface area contributed by atoms with Gasteiger partial charge in [0.15, 0.2) is 0 Å². The Morgan fingerprint density at radius 1 is 0.949 bits per heavy atom. The number of rotatable bonds is 8. The molecule has 1 unspecified atom stereocenters. The van der Waals surface area contributed by atoms with Gasteiger partial charge in [-0.15, -0.1) is 0 Å². The molecular formula is C31H33N3O5. The number of aliphatic hydroxyl groups excluding tert-OH is 1. The van der Waals surface area contributed by atoms with Gasteiger partial charge >= 0.3 is 0 Å². The van der Waals surface area contributed by atoms with E-state index in [1.165, 1.54) is 11.3 Å². The number of anilines is 2. The first-order valence-electron chi connectivity index (χ1n) is 13.5. The number of ether oxygens (including phenoxy) is 2. The summed E-state index contributed by atoms with van der Waals surface area (Å²) in [5, 5.41) is 11.6. The van der Waals surface area contributed by atoms with Crippen molar-refractivity contribution in [1.82, 2.24) is 4.98 Å². The van der Waals surface area contributed by atoms with E-state index < -0.39 is 17.7 Å². The van der Waals surface area contributed by atoms with Crippen molar-refractivity contribution in [3.05, 3.63) is 83.7 Å². The number of aliphatic hydroxyl groups is 1. The second-order valence-corrected chi connectivity index (χ2v) is 9.54. The van der Waals surface area contributed by atoms with Gasteiger partial charge in [-0.05, 0) is 81.1 Å². The van der Waals surface area contributed by atoms with E-state index in [-0.39, 0.29) is 11.3 Å². The third-order valence-electron chi connectivity index (χ3n) is 7.11. The Hall–Kier alpha value is -4.33. The van der Waals surface area contributed by atoms with E-state index in [9.17, 15) is 14.7 Å². The highest BCUT2D eigenvalue weighted by atomic mass is 16.5. The van der Waals surface area contributed by atoms with Crippen LogP contribution in [0.25, 0.3) is 5.76 Å². The van der Waals surface area contributed by atoms with Crippen LogP contribution in [-0.2, 0) is 9.59 Å². The molecule has 8 nitrogen and oxygen atoms in total. The van der Waals surface area contributed by atoms with Crippen molar-refractivity contribution in [3.8, 4) is 11.5 Å². The number of amides is 1. The molecule has 1 amide bonds. The molecule has 2 fully saturated rings. The van der Waals surface area contributed by atoms with Crippen molar-refractivity contribution in [2.75, 3.05) is 36.1 Å². The van der Waals surface area contributed by atoms with Crippen LogP contribution in [0, 0.1) is 0 Å². The Morgan fingerprint density at radius 2 is 1.67 bits per heavy atom. The van der Waals surface area contributed by atoms with Gasteiger partial charge in [0.1, 0.15) is 17.3 Å². The van der Waals surface area contributed by atoms with Crippen molar-refractivity contribution >= 4 is 28.8 Å². The quantitative estimate of drug-likeness (QED) is 0.235. The minimum absolute atomic E-state index is 0.0155. The van der Waals surface area contributed by atoms with E-state index >= 15 is 0 Å². The van der Waals surface area contributed by atoms with E-state index in [4.69, 9.17) is 9.47 Å². The molecule has 2 aromatic carbocycles. The fourth-order valence-electron chi connectivity index (χ4n) is 5.30. The molecule has 1 N–H and O–H groups in total. The van der Waals surface area contributed by atoms with Gasteiger partial charge in [-0.25, -0.2) is 0 Å². The number of hydrogen-bond acceptors (Lipinski definition) is 7. The average molecular weight is 528 g/mol. The Bertz CT molecular complexity index is 1360. The zero-order valence-corrected chi connectivity index (χ0v) is 22.3. The van der Waals surface area contributed by atoms with Crippen LogP contribution in [0.5, 0.6) is 11.5 Å². The van der Waals surface area contributed by atoms with E-state index in [2.05, 4.69) is 9.88 Å². The second-order valence-electron chi connectivity index (χ2n) is 9.54. The zero-order chi connectivity index (χ0) is 27.4. The maximum Gasteiger partial charge on any atom is 0.300 e. The lowest BCUT2D eigenvalue weighted by Crippen LogP contribution is -2.30. The molecule has 0 bridgehead atoms. The summed E-state index contributed by atoms with van der Waals surface area (Å²) in [6.07, 6.45) is 6.80. The van der Waals surface area contributed by atoms with Gasteiger partial charge in [0, 0.05) is 42.9 Å². The molecule has 3 aromatic rings. The van der Waals surface area contributed by atoms with Crippen molar-refractivity contribution in [2.45, 2.75) is 39.2 Å². The normalized spacial score (nSPS) is 18.9. The van der Waals surface area contributed by atoms with Crippen LogP contribution in [0.1, 0.15) is 50.3 Å². The molecule has 3 heterocycles. The number of nitrogens with zero attached hydrogens (tertiary/aromatic N) is 3. The van der Waals surface area contributed by atoms with Gasteiger partial charge in [-0.2, -0.15) is 0 Å². The summed E-state index contributed by atoms with van der Waals surface area (Å²) >= 11 is 0. The molecule has 0 spiro atoms. The molecule has 8 heteroatoms. The first kappa shape index (κ1) is 26.3. The summed E-state index contributed by atoms with van der Waals surface area (Å²) in [5.74, 6) is -0.836. The van der Waals surface area contributed by atoms with Crippen LogP contribution in [0.4, 0.5) is 11.4 Å². The van der Waals surface area contributed by atoms with Crippen molar-refractivity contribution in [3.63, 3.8) is 0 Å². The van der Waals surface area contributed by atoms with Crippen LogP contribution in [0.2, 0.25) is 0 Å². The number of benzene rings is 2. The molecule has 5 rings (SSSR count). The molecule has 2 aliphatic rings. The lowest BCUT2D eigenvalue weighted by atomic mass is 9.95. The van der Waals surface area contributed by atoms with E-state index in [1.807, 2.05) is 38.1 Å². The maximum absolute atomic E-state index is 13.5. The third-order valence-corrected chi connectivity index (χ3v) is 7.11. The van der Waals surface area contributed by atoms with Gasteiger partial charge in [0.25, 0.3) is 11.7 Å². The lowest BCUT2D eigenvalue weighted by Gasteiger charge is -2.30. The first-order valence-corrected chi connectivity index (χ1v) is 13.5. The number of piperidine rings is 1. The molecule has 0 saturated carbocycles. The standard InChI is InChI=1S/C31H33N3O5/c1-3-38-24-14-15-25(26(19-24)39-4-2)29(35)27-28(21-9-8-16-32-20-21)34(31(37)30(27)36)23-12-10-22(11-13-23)33-17-6-5-7-18-33/h8-16,19-20,28,35H,3-7,17-18H2,1-2H3/b29-27-. The van der Waals surface area contributed by atoms with Crippen molar-refractivity contribution < 1.29 is 24.2 Å². The Balaban J connectivity index is 1.60. The van der Waals surface area contributed by atoms with Crippen LogP contribution < -0.4 is 19.3 Å². The predicted molar refractivity (Wildman–Crippen MR) is 150 cm³/mol. The number of hydrogen-bond donors (Lipinski definition) is 1. The van der Waals surface area contributed by atoms with Gasteiger partial charge in [-0.3, -0.25) is 19.5 Å². The van der Waals surface area contributed by atoms with Crippen LogP contribution in [0.3, 0.4) is 0 Å². The van der Waals surface area contributed by atoms with Crippen molar-refractivity contribution in [2.24, 2.45) is 0 Å². The largest absolute Gasteiger partial charge is 0.507 e. The third kappa shape index (κ3) is 5.19. The number of carbonyl (C=O) groups excluding carboxylic acids is 2. The summed E-state index contributed by atoms with van der Waals surface area (Å²) in [6.45, 7) is 6.54. The fourth-order valence-corrected chi connectivity index (χ4v) is 5.30. The molecule has 1 atom stereocenters. The molecule has 202 valence electrons. The van der Waals surface area contributed by atoms with E-state index in [0.717, 1.165) is 31.6 Å². The van der Waals surface area contributed by atoms with Crippen LogP contribution in [-0.4, -0.2) is 48.1 Å². The number of ketones is 1. The second kappa shape index (κ2) is 11.6. The average Bonchev–Trinajstić information content (AvgIpc) is 3.24. The summed E-state index contributed by atoms with van der Waals surface area (Å²) in [5.41, 5.74) is 2.57. The van der Waals surface area contributed by atoms with Gasteiger partial charge in [-0.1, -0.05) is 6.07 Å². The highest BCUT2D eigenvalue weighted by Gasteiger charge is 2.47. The summed E-state index contributed by atoms with van der Waals surface area (Å²) in [4.78, 5) is 35.1. The van der Waals surface area contributed by atoms with E-state index in [0.29, 0.717) is 41.5 Å². The zero-order valence-electron chi connectivity index (χ0n) is 22.3. The molecule has 39 heavy (non-hydrogen) atoms. The Kier molecular flexibility index (Phi) is 7.81. The molecule has 0 aliphatic carbocycles. The smallest absolute Gasteiger partial charge is 0.300 e. The van der Waals surface area contributed by atoms with Gasteiger partial charge in [0.2, 0.25) is 0 Å². The summed E-state index contributed by atoms with van der Waals surface area (Å²) in [6, 6.07) is 15.4. The number of pyridine rings is 1. The fraction of sp³-hybridized carbons (Fsp3) is 0.323. The summed E-state index contributed by atoms with van der Waals surface area (Å²) < 4.78 is 11.4. The minimum atomic E-state index is -0.861. The number of aromatic nitrogens is 1. The molecular weight excluding hydrogens is 494 g/mol. The van der Waals surface area contributed by atoms with Crippen molar-refractivity contribution in [1.29, 1.82) is 0 Å². The number of Topliss-reactive ketones (excluding diaryl/α,β-unsaturated/α-hetero) is 1. The first-order chi connectivity index (χ1) is 19.0. The predicted octanol–water partition coefficient (Wildman–Crippen LogP) is 5.50. The van der Waals surface area contributed by atoms with Crippen LogP contribution in [0.15, 0.2) is 72.6 Å². The Morgan fingerprint density at radius 3 is 2.33 bits per heavy atom. The molecule has 2 aliphatic heterocycles. The number of carbonyl (C=O) groups is 2. The Labute approximate surface area is 228 Å². The highest BCUT2D eigenvalue weighted by Crippen LogP contribution is 2.44. The van der Waals surface area contributed by atoms with Gasteiger partial charge < -0.3 is 19.5 Å². The summed E-state index contributed by atoms with van der Waals surface area (Å²) in [7, 11) is 0. The SMILES string of the molecule is CCOc1ccc(/C(O)=C2/C(=O)C(=O)N(c3ccc(N4CCCCC4)cc3)C2c2cccnc2)c(OCC)c1. The molecule has 1 aromatic heterocycles. The highest BCUT2D eigenvalue weighted by molar-refractivity contribution is 6.51.